The maximum atomic E-state index is 11.8. The summed E-state index contributed by atoms with van der Waals surface area (Å²) in [5, 5.41) is 24.2. The van der Waals surface area contributed by atoms with Gasteiger partial charge in [-0.1, -0.05) is 6.92 Å². The number of anilines is 1. The van der Waals surface area contributed by atoms with Crippen LogP contribution in [0, 0.1) is 17.0 Å². The summed E-state index contributed by atoms with van der Waals surface area (Å²) in [4.78, 5) is 34.4. The van der Waals surface area contributed by atoms with Gasteiger partial charge >= 0.3 is 11.7 Å². The summed E-state index contributed by atoms with van der Waals surface area (Å²) in [6, 6.07) is -1.18. The van der Waals surface area contributed by atoms with Crippen LogP contribution in [0.4, 0.5) is 11.5 Å². The zero-order valence-electron chi connectivity index (χ0n) is 11.7. The Bertz CT molecular complexity index is 565. The van der Waals surface area contributed by atoms with Gasteiger partial charge in [0.25, 0.3) is 0 Å². The van der Waals surface area contributed by atoms with Gasteiger partial charge in [0.15, 0.2) is 0 Å². The summed E-state index contributed by atoms with van der Waals surface area (Å²) < 4.78 is 1.15. The molecule has 9 heteroatoms. The Morgan fingerprint density at radius 2 is 2.10 bits per heavy atom. The lowest BCUT2D eigenvalue weighted by molar-refractivity contribution is -0.384. The zero-order chi connectivity index (χ0) is 15.6. The van der Waals surface area contributed by atoms with Crippen LogP contribution in [-0.2, 0) is 16.6 Å². The Balaban J connectivity index is 3.55. The minimum absolute atomic E-state index is 0.116. The molecule has 1 atom stereocenters. The van der Waals surface area contributed by atoms with Gasteiger partial charge < -0.3 is 5.11 Å². The lowest BCUT2D eigenvalue weighted by Crippen LogP contribution is -2.45. The molecule has 20 heavy (non-hydrogen) atoms. The molecular formula is C11H16N4O5. The summed E-state index contributed by atoms with van der Waals surface area (Å²) in [6.45, 7) is 4.18. The number of carboxylic acid groups (broad SMARTS) is 1. The van der Waals surface area contributed by atoms with Crippen LogP contribution in [-0.4, -0.2) is 37.7 Å². The number of nitro groups is 1. The largest absolute Gasteiger partial charge is 0.480 e. The van der Waals surface area contributed by atoms with E-state index in [1.165, 1.54) is 14.0 Å². The van der Waals surface area contributed by atoms with Crippen molar-refractivity contribution in [3.05, 3.63) is 15.8 Å². The van der Waals surface area contributed by atoms with Crippen LogP contribution in [0.5, 0.6) is 0 Å². The molecule has 1 unspecified atom stereocenters. The van der Waals surface area contributed by atoms with Crippen molar-refractivity contribution in [1.29, 1.82) is 0 Å². The Labute approximate surface area is 114 Å². The van der Waals surface area contributed by atoms with Gasteiger partial charge in [-0.25, -0.2) is 9.48 Å². The fraction of sp³-hybridized carbons (Fsp3) is 0.545. The SMILES string of the molecule is CCC(C(=O)O)N(C(C)=O)c1c([N+](=O)[O-])c(C)nn1C. The molecule has 110 valence electrons. The standard InChI is InChI=1S/C11H16N4O5/c1-5-8(11(17)18)14(7(3)16)10-9(15(19)20)6(2)12-13(10)4/h8H,5H2,1-4H3,(H,17,18). The van der Waals surface area contributed by atoms with Crippen molar-refractivity contribution in [3.8, 4) is 0 Å². The highest BCUT2D eigenvalue weighted by Crippen LogP contribution is 2.32. The minimum atomic E-state index is -1.23. The molecular weight excluding hydrogens is 268 g/mol. The first-order valence-electron chi connectivity index (χ1n) is 5.92. The predicted molar refractivity (Wildman–Crippen MR) is 69.5 cm³/mol. The molecule has 1 rings (SSSR count). The Kier molecular flexibility index (Phi) is 4.43. The molecule has 1 amide bonds. The number of aromatic nitrogens is 2. The molecule has 0 fully saturated rings. The number of carboxylic acids is 1. The maximum absolute atomic E-state index is 11.8. The lowest BCUT2D eigenvalue weighted by atomic mass is 10.2. The van der Waals surface area contributed by atoms with E-state index < -0.39 is 22.8 Å². The molecule has 1 aromatic heterocycles. The van der Waals surface area contributed by atoms with E-state index in [1.54, 1.807) is 6.92 Å². The third-order valence-corrected chi connectivity index (χ3v) is 2.89. The van der Waals surface area contributed by atoms with Crippen LogP contribution in [0.1, 0.15) is 26.0 Å². The molecule has 0 radical (unpaired) electrons. The number of hydrogen-bond donors (Lipinski definition) is 1. The highest BCUT2D eigenvalue weighted by molar-refractivity contribution is 5.99. The van der Waals surface area contributed by atoms with Crippen LogP contribution in [0.15, 0.2) is 0 Å². The summed E-state index contributed by atoms with van der Waals surface area (Å²) in [5.41, 5.74) is -0.235. The summed E-state index contributed by atoms with van der Waals surface area (Å²) in [6.07, 6.45) is 0.121. The van der Waals surface area contributed by atoms with Gasteiger partial charge in [0.05, 0.1) is 4.92 Å². The highest BCUT2D eigenvalue weighted by atomic mass is 16.6. The van der Waals surface area contributed by atoms with E-state index in [0.29, 0.717) is 0 Å². The second-order valence-corrected chi connectivity index (χ2v) is 4.29. The van der Waals surface area contributed by atoms with Crippen molar-refractivity contribution < 1.29 is 19.6 Å². The number of rotatable bonds is 5. The van der Waals surface area contributed by atoms with Crippen molar-refractivity contribution >= 4 is 23.4 Å². The molecule has 1 N–H and O–H groups in total. The summed E-state index contributed by atoms with van der Waals surface area (Å²) in [7, 11) is 1.43. The molecule has 0 aromatic carbocycles. The second kappa shape index (κ2) is 5.68. The minimum Gasteiger partial charge on any atom is -0.480 e. The predicted octanol–water partition coefficient (Wildman–Crippen LogP) is 0.853. The third-order valence-electron chi connectivity index (χ3n) is 2.89. The first kappa shape index (κ1) is 15.6. The number of carbonyl (C=O) groups is 2. The number of carbonyl (C=O) groups excluding carboxylic acids is 1. The normalized spacial score (nSPS) is 12.0. The maximum Gasteiger partial charge on any atom is 0.334 e. The van der Waals surface area contributed by atoms with Gasteiger partial charge in [0.1, 0.15) is 11.7 Å². The zero-order valence-corrected chi connectivity index (χ0v) is 11.7. The van der Waals surface area contributed by atoms with E-state index in [0.717, 1.165) is 16.5 Å². The van der Waals surface area contributed by atoms with Crippen molar-refractivity contribution in [2.75, 3.05) is 4.90 Å². The number of aryl methyl sites for hydroxylation is 2. The van der Waals surface area contributed by atoms with E-state index in [2.05, 4.69) is 5.10 Å². The van der Waals surface area contributed by atoms with E-state index in [9.17, 15) is 24.8 Å². The summed E-state index contributed by atoms with van der Waals surface area (Å²) in [5.74, 6) is -1.93. The van der Waals surface area contributed by atoms with E-state index in [-0.39, 0.29) is 23.6 Å². The first-order chi connectivity index (χ1) is 9.22. The molecule has 0 saturated carbocycles. The second-order valence-electron chi connectivity index (χ2n) is 4.29. The van der Waals surface area contributed by atoms with Crippen LogP contribution in [0.2, 0.25) is 0 Å². The van der Waals surface area contributed by atoms with E-state index in [1.807, 2.05) is 0 Å². The first-order valence-corrected chi connectivity index (χ1v) is 5.92. The average Bonchev–Trinajstić information content (AvgIpc) is 2.59. The Morgan fingerprint density at radius 3 is 2.45 bits per heavy atom. The monoisotopic (exact) mass is 284 g/mol. The van der Waals surface area contributed by atoms with Crippen molar-refractivity contribution in [2.45, 2.75) is 33.2 Å². The fourth-order valence-corrected chi connectivity index (χ4v) is 2.10. The fourth-order valence-electron chi connectivity index (χ4n) is 2.10. The Hall–Kier alpha value is -2.45. The topological polar surface area (TPSA) is 119 Å². The van der Waals surface area contributed by atoms with Gasteiger partial charge in [-0.15, -0.1) is 0 Å². The van der Waals surface area contributed by atoms with Crippen LogP contribution in [0.25, 0.3) is 0 Å². The van der Waals surface area contributed by atoms with Crippen molar-refractivity contribution in [1.82, 2.24) is 9.78 Å². The molecule has 0 saturated heterocycles. The molecule has 1 heterocycles. The highest BCUT2D eigenvalue weighted by Gasteiger charge is 2.36. The summed E-state index contributed by atoms with van der Waals surface area (Å²) >= 11 is 0. The third kappa shape index (κ3) is 2.60. The van der Waals surface area contributed by atoms with E-state index >= 15 is 0 Å². The number of hydrogen-bond acceptors (Lipinski definition) is 5. The smallest absolute Gasteiger partial charge is 0.334 e. The van der Waals surface area contributed by atoms with Gasteiger partial charge in [0.2, 0.25) is 11.7 Å². The molecule has 0 aliphatic heterocycles. The number of amides is 1. The molecule has 0 aliphatic rings. The van der Waals surface area contributed by atoms with Crippen molar-refractivity contribution in [2.24, 2.45) is 7.05 Å². The molecule has 0 aliphatic carbocycles. The van der Waals surface area contributed by atoms with Gasteiger partial charge in [-0.05, 0) is 13.3 Å². The van der Waals surface area contributed by atoms with Crippen molar-refractivity contribution in [3.63, 3.8) is 0 Å². The Morgan fingerprint density at radius 1 is 1.55 bits per heavy atom. The lowest BCUT2D eigenvalue weighted by Gasteiger charge is -2.26. The number of nitrogens with zero attached hydrogens (tertiary/aromatic N) is 4. The van der Waals surface area contributed by atoms with Crippen LogP contribution in [0.3, 0.4) is 0 Å². The average molecular weight is 284 g/mol. The van der Waals surface area contributed by atoms with Gasteiger partial charge in [-0.3, -0.25) is 19.8 Å². The van der Waals surface area contributed by atoms with Gasteiger partial charge in [0, 0.05) is 14.0 Å². The number of aliphatic carboxylic acids is 1. The molecule has 0 bridgehead atoms. The van der Waals surface area contributed by atoms with Gasteiger partial charge in [-0.2, -0.15) is 5.10 Å². The van der Waals surface area contributed by atoms with Crippen LogP contribution >= 0.6 is 0 Å². The quantitative estimate of drug-likeness (QED) is 0.632. The molecule has 9 nitrogen and oxygen atoms in total. The van der Waals surface area contributed by atoms with E-state index in [4.69, 9.17) is 0 Å². The van der Waals surface area contributed by atoms with Crippen LogP contribution < -0.4 is 4.90 Å². The molecule has 0 spiro atoms. The molecule has 1 aromatic rings.